The van der Waals surface area contributed by atoms with Crippen LogP contribution in [0.2, 0.25) is 0 Å². The van der Waals surface area contributed by atoms with Crippen molar-refractivity contribution in [1.29, 1.82) is 0 Å². The summed E-state index contributed by atoms with van der Waals surface area (Å²) in [5, 5.41) is 2.84. The average Bonchev–Trinajstić information content (AvgIpc) is 2.66. The van der Waals surface area contributed by atoms with Crippen molar-refractivity contribution >= 4 is 11.8 Å². The van der Waals surface area contributed by atoms with Crippen LogP contribution in [-0.4, -0.2) is 29.3 Å². The van der Waals surface area contributed by atoms with Gasteiger partial charge in [0.05, 0.1) is 6.42 Å². The Morgan fingerprint density at radius 3 is 2.41 bits per heavy atom. The lowest BCUT2D eigenvalue weighted by atomic mass is 10.0. The third-order valence-electron chi connectivity index (χ3n) is 4.59. The maximum atomic E-state index is 13.2. The van der Waals surface area contributed by atoms with Gasteiger partial charge in [-0.15, -0.1) is 0 Å². The monoisotopic (exact) mass is 370 g/mol. The number of nitrogens with zero attached hydrogens (tertiary/aromatic N) is 1. The first-order valence-electron chi connectivity index (χ1n) is 9.28. The molecule has 0 aliphatic carbocycles. The molecular formula is C22H27FN2O2. The zero-order valence-corrected chi connectivity index (χ0v) is 16.2. The molecule has 4 nitrogen and oxygen atoms in total. The summed E-state index contributed by atoms with van der Waals surface area (Å²) in [5.74, 6) is -0.643. The van der Waals surface area contributed by atoms with Crippen molar-refractivity contribution in [3.05, 3.63) is 71.0 Å². The highest BCUT2D eigenvalue weighted by Gasteiger charge is 2.26. The molecule has 0 saturated carbocycles. The highest BCUT2D eigenvalue weighted by molar-refractivity contribution is 5.88. The first-order chi connectivity index (χ1) is 12.9. The Morgan fingerprint density at radius 2 is 1.78 bits per heavy atom. The lowest BCUT2D eigenvalue weighted by Crippen LogP contribution is -2.48. The molecule has 27 heavy (non-hydrogen) atoms. The van der Waals surface area contributed by atoms with Crippen LogP contribution in [0.15, 0.2) is 48.5 Å². The number of aryl methyl sites for hydroxylation is 1. The summed E-state index contributed by atoms with van der Waals surface area (Å²) in [6.07, 6.45) is 1.05. The standard InChI is InChI=1S/C22H27FN2O2/c1-4-13-24-22(27)17(3)25(15-18-9-11-20(23)12-10-18)21(26)14-19-8-6-5-7-16(19)2/h5-12,17H,4,13-15H2,1-3H3,(H,24,27)/t17-/m0/s1. The molecule has 2 aromatic carbocycles. The minimum Gasteiger partial charge on any atom is -0.354 e. The molecule has 0 heterocycles. The van der Waals surface area contributed by atoms with Gasteiger partial charge in [-0.2, -0.15) is 0 Å². The molecule has 0 spiro atoms. The van der Waals surface area contributed by atoms with Crippen molar-refractivity contribution in [2.24, 2.45) is 0 Å². The van der Waals surface area contributed by atoms with Crippen molar-refractivity contribution in [1.82, 2.24) is 10.2 Å². The summed E-state index contributed by atoms with van der Waals surface area (Å²) in [7, 11) is 0. The number of hydrogen-bond acceptors (Lipinski definition) is 2. The van der Waals surface area contributed by atoms with Gasteiger partial charge < -0.3 is 10.2 Å². The highest BCUT2D eigenvalue weighted by Crippen LogP contribution is 2.15. The number of hydrogen-bond donors (Lipinski definition) is 1. The summed E-state index contributed by atoms with van der Waals surface area (Å²) in [6.45, 7) is 6.49. The van der Waals surface area contributed by atoms with E-state index < -0.39 is 6.04 Å². The zero-order valence-electron chi connectivity index (χ0n) is 16.2. The fourth-order valence-electron chi connectivity index (χ4n) is 2.84. The molecule has 1 atom stereocenters. The van der Waals surface area contributed by atoms with E-state index >= 15 is 0 Å². The fourth-order valence-corrected chi connectivity index (χ4v) is 2.84. The number of benzene rings is 2. The summed E-state index contributed by atoms with van der Waals surface area (Å²) in [4.78, 5) is 27.0. The van der Waals surface area contributed by atoms with Gasteiger partial charge in [-0.25, -0.2) is 4.39 Å². The van der Waals surface area contributed by atoms with Gasteiger partial charge in [0.2, 0.25) is 11.8 Å². The second-order valence-corrected chi connectivity index (χ2v) is 6.72. The molecular weight excluding hydrogens is 343 g/mol. The summed E-state index contributed by atoms with van der Waals surface area (Å²) in [5.41, 5.74) is 2.76. The molecule has 0 aromatic heterocycles. The Morgan fingerprint density at radius 1 is 1.11 bits per heavy atom. The number of rotatable bonds is 8. The second-order valence-electron chi connectivity index (χ2n) is 6.72. The highest BCUT2D eigenvalue weighted by atomic mass is 19.1. The fraction of sp³-hybridized carbons (Fsp3) is 0.364. The molecule has 0 radical (unpaired) electrons. The predicted octanol–water partition coefficient (Wildman–Crippen LogP) is 3.62. The molecule has 2 rings (SSSR count). The Labute approximate surface area is 160 Å². The van der Waals surface area contributed by atoms with Gasteiger partial charge in [-0.1, -0.05) is 43.3 Å². The van der Waals surface area contributed by atoms with Crippen LogP contribution >= 0.6 is 0 Å². The molecule has 2 amide bonds. The summed E-state index contributed by atoms with van der Waals surface area (Å²) >= 11 is 0. The molecule has 0 aliphatic rings. The average molecular weight is 370 g/mol. The normalized spacial score (nSPS) is 11.7. The lowest BCUT2D eigenvalue weighted by Gasteiger charge is -2.29. The van der Waals surface area contributed by atoms with Gasteiger partial charge in [0, 0.05) is 13.1 Å². The van der Waals surface area contributed by atoms with Crippen LogP contribution in [0, 0.1) is 12.7 Å². The van der Waals surface area contributed by atoms with Crippen molar-refractivity contribution < 1.29 is 14.0 Å². The minimum absolute atomic E-state index is 0.132. The third kappa shape index (κ3) is 5.91. The van der Waals surface area contributed by atoms with E-state index in [0.717, 1.165) is 23.1 Å². The topological polar surface area (TPSA) is 49.4 Å². The summed E-state index contributed by atoms with van der Waals surface area (Å²) in [6, 6.07) is 13.1. The van der Waals surface area contributed by atoms with Gasteiger partial charge in [0.25, 0.3) is 0 Å². The molecule has 2 aromatic rings. The van der Waals surface area contributed by atoms with E-state index in [2.05, 4.69) is 5.32 Å². The number of carbonyl (C=O) groups excluding carboxylic acids is 2. The van der Waals surface area contributed by atoms with E-state index in [1.807, 2.05) is 38.1 Å². The first kappa shape index (κ1) is 20.6. The van der Waals surface area contributed by atoms with Crippen molar-refractivity contribution in [2.45, 2.75) is 46.2 Å². The Hall–Kier alpha value is -2.69. The first-order valence-corrected chi connectivity index (χ1v) is 9.28. The summed E-state index contributed by atoms with van der Waals surface area (Å²) < 4.78 is 13.2. The molecule has 0 unspecified atom stereocenters. The van der Waals surface area contributed by atoms with E-state index in [-0.39, 0.29) is 30.6 Å². The quantitative estimate of drug-likeness (QED) is 0.772. The van der Waals surface area contributed by atoms with E-state index in [9.17, 15) is 14.0 Å². The minimum atomic E-state index is -0.613. The molecule has 0 fully saturated rings. The zero-order chi connectivity index (χ0) is 19.8. The molecule has 0 saturated heterocycles. The van der Waals surface area contributed by atoms with Crippen molar-refractivity contribution in [2.75, 3.05) is 6.54 Å². The predicted molar refractivity (Wildman–Crippen MR) is 105 cm³/mol. The van der Waals surface area contributed by atoms with E-state index in [1.54, 1.807) is 24.0 Å². The molecule has 0 aliphatic heterocycles. The van der Waals surface area contributed by atoms with Crippen LogP contribution < -0.4 is 5.32 Å². The van der Waals surface area contributed by atoms with Gasteiger partial charge in [0.15, 0.2) is 0 Å². The SMILES string of the molecule is CCCNC(=O)[C@H](C)N(Cc1ccc(F)cc1)C(=O)Cc1ccccc1C. The number of nitrogens with one attached hydrogen (secondary N) is 1. The third-order valence-corrected chi connectivity index (χ3v) is 4.59. The Bertz CT molecular complexity index is 774. The Kier molecular flexibility index (Phi) is 7.53. The van der Waals surface area contributed by atoms with Crippen molar-refractivity contribution in [3.8, 4) is 0 Å². The molecule has 144 valence electrons. The molecule has 0 bridgehead atoms. The van der Waals surface area contributed by atoms with Gasteiger partial charge in [-0.3, -0.25) is 9.59 Å². The maximum Gasteiger partial charge on any atom is 0.242 e. The van der Waals surface area contributed by atoms with Gasteiger partial charge in [0.1, 0.15) is 11.9 Å². The second kappa shape index (κ2) is 9.86. The molecule has 1 N–H and O–H groups in total. The van der Waals surface area contributed by atoms with Crippen LogP contribution in [0.5, 0.6) is 0 Å². The van der Waals surface area contributed by atoms with Crippen molar-refractivity contribution in [3.63, 3.8) is 0 Å². The van der Waals surface area contributed by atoms with Crippen LogP contribution in [0.25, 0.3) is 0 Å². The Balaban J connectivity index is 2.21. The van der Waals surface area contributed by atoms with Crippen LogP contribution in [0.1, 0.15) is 37.0 Å². The maximum absolute atomic E-state index is 13.2. The van der Waals surface area contributed by atoms with Crippen LogP contribution in [-0.2, 0) is 22.6 Å². The number of carbonyl (C=O) groups is 2. The lowest BCUT2D eigenvalue weighted by molar-refractivity contribution is -0.140. The van der Waals surface area contributed by atoms with E-state index in [4.69, 9.17) is 0 Å². The van der Waals surface area contributed by atoms with Gasteiger partial charge in [-0.05, 0) is 49.1 Å². The number of halogens is 1. The number of amides is 2. The van der Waals surface area contributed by atoms with E-state index in [0.29, 0.717) is 6.54 Å². The largest absolute Gasteiger partial charge is 0.354 e. The van der Waals surface area contributed by atoms with Crippen LogP contribution in [0.4, 0.5) is 4.39 Å². The van der Waals surface area contributed by atoms with Crippen LogP contribution in [0.3, 0.4) is 0 Å². The van der Waals surface area contributed by atoms with Gasteiger partial charge >= 0.3 is 0 Å². The molecule has 5 heteroatoms. The van der Waals surface area contributed by atoms with E-state index in [1.165, 1.54) is 12.1 Å². The smallest absolute Gasteiger partial charge is 0.242 e.